The molecule has 1 aromatic carbocycles. The summed E-state index contributed by atoms with van der Waals surface area (Å²) in [6, 6.07) is 7.69. The van der Waals surface area contributed by atoms with Gasteiger partial charge in [0.05, 0.1) is 0 Å². The molecule has 3 atom stereocenters. The number of fused-ring (bicyclic) bond motifs is 1. The van der Waals surface area contributed by atoms with E-state index < -0.39 is 34.9 Å². The molecule has 1 aromatic heterocycles. The molecule has 0 spiro atoms. The lowest BCUT2D eigenvalue weighted by atomic mass is 9.97. The molecule has 2 aliphatic rings. The third-order valence-corrected chi connectivity index (χ3v) is 7.81. The smallest absolute Gasteiger partial charge is 0.352 e. The van der Waals surface area contributed by atoms with E-state index in [1.54, 1.807) is 37.4 Å². The van der Waals surface area contributed by atoms with E-state index >= 15 is 0 Å². The van der Waals surface area contributed by atoms with Crippen LogP contribution in [0.1, 0.15) is 11.6 Å². The number of nitrogens with two attached hydrogens (primary N) is 1. The van der Waals surface area contributed by atoms with Gasteiger partial charge < -0.3 is 20.9 Å². The van der Waals surface area contributed by atoms with Crippen molar-refractivity contribution in [3.63, 3.8) is 0 Å². The molecule has 3 unspecified atom stereocenters. The van der Waals surface area contributed by atoms with Crippen molar-refractivity contribution < 1.29 is 24.2 Å². The Morgan fingerprint density at radius 2 is 2.15 bits per heavy atom. The molecule has 1 fully saturated rings. The number of thioether (sulfide) groups is 2. The maximum Gasteiger partial charge on any atom is 0.352 e. The van der Waals surface area contributed by atoms with Crippen LogP contribution in [0, 0.1) is 0 Å². The quantitative estimate of drug-likeness (QED) is 0.252. The fourth-order valence-electron chi connectivity index (χ4n) is 3.62. The van der Waals surface area contributed by atoms with E-state index in [0.29, 0.717) is 22.0 Å². The number of methoxy groups -OCH3 is 1. The number of hydrogen-bond acceptors (Lipinski definition) is 10. The van der Waals surface area contributed by atoms with Crippen molar-refractivity contribution in [3.05, 3.63) is 47.2 Å². The number of carboxylic acid groups (broad SMARTS) is 1. The lowest BCUT2D eigenvalue weighted by Gasteiger charge is -2.56. The van der Waals surface area contributed by atoms with Crippen molar-refractivity contribution in [3.8, 4) is 0 Å². The number of aliphatic carboxylic acids is 1. The summed E-state index contributed by atoms with van der Waals surface area (Å²) in [6.07, 6.45) is 0. The van der Waals surface area contributed by atoms with Gasteiger partial charge in [0.15, 0.2) is 0 Å². The molecule has 33 heavy (non-hydrogen) atoms. The molecule has 14 heteroatoms. The van der Waals surface area contributed by atoms with E-state index in [1.807, 2.05) is 0 Å². The van der Waals surface area contributed by atoms with Crippen molar-refractivity contribution in [2.75, 3.05) is 18.6 Å². The summed E-state index contributed by atoms with van der Waals surface area (Å²) in [5.41, 5.74) is 5.35. The van der Waals surface area contributed by atoms with Crippen molar-refractivity contribution >= 4 is 41.3 Å². The first kappa shape index (κ1) is 23.2. The molecule has 0 saturated carbocycles. The predicted molar refractivity (Wildman–Crippen MR) is 119 cm³/mol. The highest BCUT2D eigenvalue weighted by atomic mass is 32.2. The minimum Gasteiger partial charge on any atom is -0.477 e. The highest BCUT2D eigenvalue weighted by Crippen LogP contribution is 2.47. The predicted octanol–water partition coefficient (Wildman–Crippen LogP) is -0.285. The van der Waals surface area contributed by atoms with Crippen LogP contribution in [0.15, 0.2) is 46.8 Å². The molecular weight excluding hydrogens is 470 g/mol. The number of carbonyl (C=O) groups excluding carboxylic acids is 2. The van der Waals surface area contributed by atoms with Crippen LogP contribution in [0.25, 0.3) is 0 Å². The van der Waals surface area contributed by atoms with Gasteiger partial charge in [-0.15, -0.1) is 16.9 Å². The lowest BCUT2D eigenvalue weighted by molar-refractivity contribution is -0.192. The van der Waals surface area contributed by atoms with Crippen molar-refractivity contribution in [1.29, 1.82) is 0 Å². The standard InChI is InChI=1S/C19H21N7O5S2/c1-25-18(22-23-24-25)33-9-11-8-32-17-19(31-2,16(30)26(17)13(11)15(28)29)21-14(27)12(20)10-6-4-3-5-7-10/h3-7,12,17H,8-9,20H2,1-2H3,(H,21,27)(H,28,29). The third kappa shape index (κ3) is 3.99. The van der Waals surface area contributed by atoms with E-state index in [0.717, 1.165) is 4.90 Å². The molecule has 2 amide bonds. The fraction of sp³-hybridized carbons (Fsp3) is 0.368. The third-order valence-electron chi connectivity index (χ3n) is 5.34. The SMILES string of the molecule is COC1(NC(=O)C(N)c2ccccc2)C(=O)N2C(C(=O)O)=C(CSc3nnnn3C)CSC21. The summed E-state index contributed by atoms with van der Waals surface area (Å²) in [4.78, 5) is 39.2. The van der Waals surface area contributed by atoms with Gasteiger partial charge in [-0.1, -0.05) is 42.1 Å². The van der Waals surface area contributed by atoms with Gasteiger partial charge in [-0.2, -0.15) is 0 Å². The number of tetrazole rings is 1. The van der Waals surface area contributed by atoms with Crippen LogP contribution in [0.5, 0.6) is 0 Å². The minimum absolute atomic E-state index is 0.124. The van der Waals surface area contributed by atoms with Crippen molar-refractivity contribution in [2.24, 2.45) is 12.8 Å². The minimum atomic E-state index is -1.71. The van der Waals surface area contributed by atoms with Crippen LogP contribution in [0.2, 0.25) is 0 Å². The molecule has 2 aromatic rings. The Kier molecular flexibility index (Phi) is 6.43. The number of aromatic nitrogens is 4. The first-order valence-electron chi connectivity index (χ1n) is 9.73. The molecule has 2 aliphatic heterocycles. The molecule has 1 saturated heterocycles. The van der Waals surface area contributed by atoms with Crippen LogP contribution in [-0.4, -0.2) is 77.7 Å². The highest BCUT2D eigenvalue weighted by molar-refractivity contribution is 8.01. The summed E-state index contributed by atoms with van der Waals surface area (Å²) in [5.74, 6) is -1.91. The zero-order chi connectivity index (χ0) is 23.8. The fourth-order valence-corrected chi connectivity index (χ4v) is 6.05. The zero-order valence-corrected chi connectivity index (χ0v) is 19.3. The summed E-state index contributed by atoms with van der Waals surface area (Å²) in [7, 11) is 2.97. The van der Waals surface area contributed by atoms with Crippen LogP contribution >= 0.6 is 23.5 Å². The molecule has 3 heterocycles. The Bertz CT molecular complexity index is 1120. The lowest BCUT2D eigenvalue weighted by Crippen LogP contribution is -2.81. The van der Waals surface area contributed by atoms with Gasteiger partial charge >= 0.3 is 5.97 Å². The number of carboxylic acids is 1. The number of hydrogen-bond donors (Lipinski definition) is 3. The van der Waals surface area contributed by atoms with E-state index in [4.69, 9.17) is 10.5 Å². The number of benzene rings is 1. The number of β-lactam (4-membered cyclic amide) rings is 1. The number of ether oxygens (including phenoxy) is 1. The second kappa shape index (κ2) is 9.13. The molecule has 0 aliphatic carbocycles. The summed E-state index contributed by atoms with van der Waals surface area (Å²) in [5, 5.41) is 23.4. The van der Waals surface area contributed by atoms with Crippen LogP contribution < -0.4 is 11.1 Å². The maximum absolute atomic E-state index is 13.2. The number of nitrogens with zero attached hydrogens (tertiary/aromatic N) is 5. The van der Waals surface area contributed by atoms with Gasteiger partial charge in [-0.3, -0.25) is 14.5 Å². The Morgan fingerprint density at radius 3 is 2.76 bits per heavy atom. The molecule has 0 radical (unpaired) electrons. The monoisotopic (exact) mass is 491 g/mol. The van der Waals surface area contributed by atoms with Gasteiger partial charge in [0, 0.05) is 25.7 Å². The first-order chi connectivity index (χ1) is 15.8. The number of nitrogens with one attached hydrogen (secondary N) is 1. The molecule has 4 N–H and O–H groups in total. The van der Waals surface area contributed by atoms with Gasteiger partial charge in [-0.25, -0.2) is 9.48 Å². The Balaban J connectivity index is 1.55. The summed E-state index contributed by atoms with van der Waals surface area (Å²) < 4.78 is 6.93. The largest absolute Gasteiger partial charge is 0.477 e. The second-order valence-corrected chi connectivity index (χ2v) is 9.30. The highest BCUT2D eigenvalue weighted by Gasteiger charge is 2.66. The topological polar surface area (TPSA) is 166 Å². The van der Waals surface area contributed by atoms with Crippen LogP contribution in [0.3, 0.4) is 0 Å². The van der Waals surface area contributed by atoms with Gasteiger partial charge in [0.25, 0.3) is 11.6 Å². The van der Waals surface area contributed by atoms with E-state index in [-0.39, 0.29) is 11.4 Å². The van der Waals surface area contributed by atoms with Crippen molar-refractivity contribution in [1.82, 2.24) is 30.4 Å². The molecule has 0 bridgehead atoms. The molecular formula is C19H21N7O5S2. The Hall–Kier alpha value is -2.94. The maximum atomic E-state index is 13.2. The number of rotatable bonds is 8. The first-order valence-corrected chi connectivity index (χ1v) is 11.8. The number of aryl methyl sites for hydroxylation is 1. The number of carbonyl (C=O) groups is 3. The van der Waals surface area contributed by atoms with Crippen LogP contribution in [0.4, 0.5) is 0 Å². The normalized spacial score (nSPS) is 23.1. The molecule has 4 rings (SSSR count). The summed E-state index contributed by atoms with van der Waals surface area (Å²) >= 11 is 2.56. The van der Waals surface area contributed by atoms with Gasteiger partial charge in [0.1, 0.15) is 17.1 Å². The van der Waals surface area contributed by atoms with E-state index in [2.05, 4.69) is 20.8 Å². The van der Waals surface area contributed by atoms with Gasteiger partial charge in [0.2, 0.25) is 11.1 Å². The van der Waals surface area contributed by atoms with Crippen molar-refractivity contribution in [2.45, 2.75) is 22.3 Å². The zero-order valence-electron chi connectivity index (χ0n) is 17.7. The second-order valence-electron chi connectivity index (χ2n) is 7.29. The molecule has 12 nitrogen and oxygen atoms in total. The van der Waals surface area contributed by atoms with E-state index in [1.165, 1.54) is 35.3 Å². The summed E-state index contributed by atoms with van der Waals surface area (Å²) in [6.45, 7) is 0. The van der Waals surface area contributed by atoms with Gasteiger partial charge in [-0.05, 0) is 21.6 Å². The Labute approximate surface area is 196 Å². The molecule has 174 valence electrons. The average Bonchev–Trinajstić information content (AvgIpc) is 3.24. The average molecular weight is 492 g/mol. The van der Waals surface area contributed by atoms with E-state index in [9.17, 15) is 19.5 Å². The van der Waals surface area contributed by atoms with Crippen LogP contribution in [-0.2, 0) is 26.2 Å². The Morgan fingerprint density at radius 1 is 1.42 bits per heavy atom. The number of amides is 2.